The predicted octanol–water partition coefficient (Wildman–Crippen LogP) is 5.44. The van der Waals surface area contributed by atoms with E-state index in [9.17, 15) is 0 Å². The quantitative estimate of drug-likeness (QED) is 0.446. The molecule has 0 spiro atoms. The Labute approximate surface area is 155 Å². The minimum Gasteiger partial charge on any atom is -0.182 e. The van der Waals surface area contributed by atoms with Crippen LogP contribution in [0, 0.1) is 0 Å². The van der Waals surface area contributed by atoms with E-state index in [-0.39, 0.29) is 0 Å². The highest BCUT2D eigenvalue weighted by Gasteiger charge is 2.14. The van der Waals surface area contributed by atoms with E-state index in [0.29, 0.717) is 10.8 Å². The molecule has 0 saturated heterocycles. The molecule has 0 N–H and O–H groups in total. The smallest absolute Gasteiger partial charge is 0.182 e. The molecule has 0 unspecified atom stereocenters. The molecule has 0 radical (unpaired) electrons. The second-order valence-electron chi connectivity index (χ2n) is 4.99. The molecule has 0 amide bonds. The van der Waals surface area contributed by atoms with Gasteiger partial charge in [-0.2, -0.15) is 9.61 Å². The molecule has 0 bridgehead atoms. The SMILES string of the molecule is Clc1ccccc1C=Cc1nn2c(-c3ccccc3Br)nnc2s1. The van der Waals surface area contributed by atoms with Crippen molar-refractivity contribution in [2.24, 2.45) is 0 Å². The topological polar surface area (TPSA) is 43.1 Å². The zero-order chi connectivity index (χ0) is 16.5. The van der Waals surface area contributed by atoms with Crippen LogP contribution in [0.5, 0.6) is 0 Å². The van der Waals surface area contributed by atoms with E-state index in [1.807, 2.05) is 60.7 Å². The number of nitrogens with zero attached hydrogens (tertiary/aromatic N) is 4. The van der Waals surface area contributed by atoms with Crippen molar-refractivity contribution in [1.29, 1.82) is 0 Å². The molecule has 2 aromatic heterocycles. The first-order valence-electron chi connectivity index (χ1n) is 7.12. The van der Waals surface area contributed by atoms with Gasteiger partial charge in [-0.1, -0.05) is 75.3 Å². The maximum atomic E-state index is 6.17. The normalized spacial score (nSPS) is 11.6. The van der Waals surface area contributed by atoms with Crippen LogP contribution in [0.15, 0.2) is 53.0 Å². The van der Waals surface area contributed by atoms with Crippen molar-refractivity contribution in [1.82, 2.24) is 19.8 Å². The van der Waals surface area contributed by atoms with Crippen molar-refractivity contribution in [2.75, 3.05) is 0 Å². The van der Waals surface area contributed by atoms with Crippen LogP contribution in [0.25, 0.3) is 28.5 Å². The highest BCUT2D eigenvalue weighted by molar-refractivity contribution is 9.10. The molecule has 2 heterocycles. The van der Waals surface area contributed by atoms with Crippen LogP contribution >= 0.6 is 38.9 Å². The molecule has 0 aliphatic rings. The summed E-state index contributed by atoms with van der Waals surface area (Å²) in [6, 6.07) is 15.6. The number of benzene rings is 2. The van der Waals surface area contributed by atoms with Gasteiger partial charge in [-0.25, -0.2) is 0 Å². The molecule has 4 rings (SSSR count). The number of hydrogen-bond donors (Lipinski definition) is 0. The minimum absolute atomic E-state index is 0.714. The number of halogens is 2. The van der Waals surface area contributed by atoms with Crippen molar-refractivity contribution >= 4 is 56.0 Å². The van der Waals surface area contributed by atoms with Crippen LogP contribution in [-0.4, -0.2) is 19.8 Å². The third-order valence-electron chi connectivity index (χ3n) is 3.43. The van der Waals surface area contributed by atoms with Gasteiger partial charge in [0.15, 0.2) is 5.82 Å². The number of rotatable bonds is 3. The maximum Gasteiger partial charge on any atom is 0.235 e. The third-order valence-corrected chi connectivity index (χ3v) is 5.33. The van der Waals surface area contributed by atoms with Crippen LogP contribution in [0.4, 0.5) is 0 Å². The molecular formula is C17H10BrClN4S. The van der Waals surface area contributed by atoms with Crippen molar-refractivity contribution in [3.8, 4) is 11.4 Å². The Kier molecular flexibility index (Phi) is 4.18. The number of aromatic nitrogens is 4. The molecular weight excluding hydrogens is 408 g/mol. The van der Waals surface area contributed by atoms with Gasteiger partial charge >= 0.3 is 0 Å². The molecule has 118 valence electrons. The standard InChI is InChI=1S/C17H10BrClN4S/c18-13-7-3-2-6-12(13)16-20-21-17-23(16)22-15(24-17)10-9-11-5-1-4-8-14(11)19/h1-10H. The largest absolute Gasteiger partial charge is 0.235 e. The molecule has 2 aromatic carbocycles. The van der Waals surface area contributed by atoms with Crippen molar-refractivity contribution in [3.05, 3.63) is 68.6 Å². The lowest BCUT2D eigenvalue weighted by Gasteiger charge is -1.99. The zero-order valence-corrected chi connectivity index (χ0v) is 15.4. The van der Waals surface area contributed by atoms with Crippen LogP contribution in [-0.2, 0) is 0 Å². The second kappa shape index (κ2) is 6.47. The first-order chi connectivity index (χ1) is 11.7. The van der Waals surface area contributed by atoms with Gasteiger partial charge in [0.1, 0.15) is 5.01 Å². The molecule has 0 aliphatic carbocycles. The summed E-state index contributed by atoms with van der Waals surface area (Å²) in [5.41, 5.74) is 1.91. The van der Waals surface area contributed by atoms with E-state index in [4.69, 9.17) is 11.6 Å². The van der Waals surface area contributed by atoms with E-state index in [1.165, 1.54) is 11.3 Å². The fourth-order valence-electron chi connectivity index (χ4n) is 2.28. The Morgan fingerprint density at radius 3 is 2.62 bits per heavy atom. The predicted molar refractivity (Wildman–Crippen MR) is 102 cm³/mol. The molecule has 24 heavy (non-hydrogen) atoms. The van der Waals surface area contributed by atoms with Gasteiger partial charge in [0, 0.05) is 15.1 Å². The molecule has 0 atom stereocenters. The average molecular weight is 418 g/mol. The first kappa shape index (κ1) is 15.5. The van der Waals surface area contributed by atoms with Gasteiger partial charge in [-0.3, -0.25) is 0 Å². The fraction of sp³-hybridized carbons (Fsp3) is 0. The lowest BCUT2D eigenvalue weighted by atomic mass is 10.2. The Morgan fingerprint density at radius 1 is 1.00 bits per heavy atom. The monoisotopic (exact) mass is 416 g/mol. The zero-order valence-electron chi connectivity index (χ0n) is 12.2. The Bertz CT molecular complexity index is 1050. The first-order valence-corrected chi connectivity index (χ1v) is 9.11. The van der Waals surface area contributed by atoms with E-state index < -0.39 is 0 Å². The van der Waals surface area contributed by atoms with Crippen LogP contribution in [0.1, 0.15) is 10.6 Å². The van der Waals surface area contributed by atoms with E-state index in [0.717, 1.165) is 25.6 Å². The minimum atomic E-state index is 0.714. The van der Waals surface area contributed by atoms with Gasteiger partial charge in [-0.05, 0) is 29.8 Å². The summed E-state index contributed by atoms with van der Waals surface area (Å²) in [5, 5.41) is 14.6. The van der Waals surface area contributed by atoms with Crippen LogP contribution < -0.4 is 0 Å². The Morgan fingerprint density at radius 2 is 1.79 bits per heavy atom. The Balaban J connectivity index is 1.73. The summed E-state index contributed by atoms with van der Waals surface area (Å²) in [5.74, 6) is 0.714. The highest BCUT2D eigenvalue weighted by atomic mass is 79.9. The van der Waals surface area contributed by atoms with E-state index in [1.54, 1.807) is 4.52 Å². The summed E-state index contributed by atoms with van der Waals surface area (Å²) in [7, 11) is 0. The molecule has 4 nitrogen and oxygen atoms in total. The second-order valence-corrected chi connectivity index (χ2v) is 7.24. The van der Waals surface area contributed by atoms with Crippen LogP contribution in [0.3, 0.4) is 0 Å². The average Bonchev–Trinajstić information content (AvgIpc) is 3.15. The summed E-state index contributed by atoms with van der Waals surface area (Å²) >= 11 is 11.2. The van der Waals surface area contributed by atoms with Gasteiger partial charge in [0.2, 0.25) is 4.96 Å². The Hall–Kier alpha value is -2.02. The molecule has 4 aromatic rings. The van der Waals surface area contributed by atoms with Gasteiger partial charge in [0.25, 0.3) is 0 Å². The van der Waals surface area contributed by atoms with Gasteiger partial charge in [-0.15, -0.1) is 10.2 Å². The van der Waals surface area contributed by atoms with Crippen LogP contribution in [0.2, 0.25) is 5.02 Å². The maximum absolute atomic E-state index is 6.17. The van der Waals surface area contributed by atoms with Crippen molar-refractivity contribution in [3.63, 3.8) is 0 Å². The molecule has 0 aliphatic heterocycles. The van der Waals surface area contributed by atoms with Crippen molar-refractivity contribution < 1.29 is 0 Å². The number of hydrogen-bond acceptors (Lipinski definition) is 4. The third kappa shape index (κ3) is 2.88. The van der Waals surface area contributed by atoms with E-state index >= 15 is 0 Å². The van der Waals surface area contributed by atoms with E-state index in [2.05, 4.69) is 31.2 Å². The molecule has 0 fully saturated rings. The summed E-state index contributed by atoms with van der Waals surface area (Å²) in [4.78, 5) is 0.750. The summed E-state index contributed by atoms with van der Waals surface area (Å²) in [6.07, 6.45) is 3.89. The summed E-state index contributed by atoms with van der Waals surface area (Å²) < 4.78 is 2.72. The van der Waals surface area contributed by atoms with Gasteiger partial charge in [0.05, 0.1) is 0 Å². The fourth-order valence-corrected chi connectivity index (χ4v) is 3.68. The lowest BCUT2D eigenvalue weighted by Crippen LogP contribution is -1.91. The van der Waals surface area contributed by atoms with Gasteiger partial charge < -0.3 is 0 Å². The van der Waals surface area contributed by atoms with Crippen molar-refractivity contribution in [2.45, 2.75) is 0 Å². The number of fused-ring (bicyclic) bond motifs is 1. The highest BCUT2D eigenvalue weighted by Crippen LogP contribution is 2.28. The lowest BCUT2D eigenvalue weighted by molar-refractivity contribution is 0.959. The molecule has 0 saturated carbocycles. The summed E-state index contributed by atoms with van der Waals surface area (Å²) in [6.45, 7) is 0. The molecule has 7 heteroatoms.